The summed E-state index contributed by atoms with van der Waals surface area (Å²) in [6.45, 7) is 2.54. The Kier molecular flexibility index (Phi) is 4.70. The van der Waals surface area contributed by atoms with Crippen molar-refractivity contribution in [2.45, 2.75) is 12.3 Å². The molecule has 0 aromatic heterocycles. The predicted molar refractivity (Wildman–Crippen MR) is 72.0 cm³/mol. The highest BCUT2D eigenvalue weighted by atomic mass is 19.4. The van der Waals surface area contributed by atoms with E-state index in [4.69, 9.17) is 10.00 Å². The fourth-order valence-electron chi connectivity index (χ4n) is 2.25. The molecule has 1 heterocycles. The van der Waals surface area contributed by atoms with Crippen molar-refractivity contribution < 1.29 is 17.9 Å². The quantitative estimate of drug-likeness (QED) is 0.927. The van der Waals surface area contributed by atoms with Gasteiger partial charge in [-0.25, -0.2) is 0 Å². The van der Waals surface area contributed by atoms with Crippen LogP contribution in [0.15, 0.2) is 18.2 Å². The van der Waals surface area contributed by atoms with Crippen LogP contribution in [0.3, 0.4) is 0 Å². The van der Waals surface area contributed by atoms with Gasteiger partial charge in [-0.05, 0) is 18.2 Å². The van der Waals surface area contributed by atoms with E-state index in [1.54, 1.807) is 18.0 Å². The molecule has 1 aromatic rings. The number of hydrogen-bond donors (Lipinski definition) is 1. The average Bonchev–Trinajstić information content (AvgIpc) is 2.46. The Morgan fingerprint density at radius 3 is 2.81 bits per heavy atom. The van der Waals surface area contributed by atoms with Gasteiger partial charge in [-0.3, -0.25) is 0 Å². The van der Waals surface area contributed by atoms with Gasteiger partial charge in [0.15, 0.2) is 0 Å². The van der Waals surface area contributed by atoms with Crippen LogP contribution in [0, 0.1) is 11.3 Å². The van der Waals surface area contributed by atoms with Crippen molar-refractivity contribution >= 4 is 5.69 Å². The van der Waals surface area contributed by atoms with Crippen molar-refractivity contribution in [3.8, 4) is 6.07 Å². The van der Waals surface area contributed by atoms with Gasteiger partial charge in [0.25, 0.3) is 0 Å². The van der Waals surface area contributed by atoms with E-state index in [-0.39, 0.29) is 11.7 Å². The Balaban J connectivity index is 2.17. The van der Waals surface area contributed by atoms with Crippen LogP contribution in [0.5, 0.6) is 0 Å². The standard InChI is InChI=1S/C14H16F3N3O/c1-20(9-12-8-19-4-5-21-12)11-3-2-10(7-18)13(6-11)14(15,16)17/h2-3,6,12,19H,4-5,8-9H2,1H3. The van der Waals surface area contributed by atoms with Gasteiger partial charge >= 0.3 is 6.18 Å². The zero-order chi connectivity index (χ0) is 15.5. The fraction of sp³-hybridized carbons (Fsp3) is 0.500. The third-order valence-corrected chi connectivity index (χ3v) is 3.35. The third kappa shape index (κ3) is 3.86. The molecule has 114 valence electrons. The number of rotatable bonds is 3. The highest BCUT2D eigenvalue weighted by Gasteiger charge is 2.34. The molecule has 1 fully saturated rings. The van der Waals surface area contributed by atoms with E-state index in [0.717, 1.165) is 12.6 Å². The van der Waals surface area contributed by atoms with Gasteiger partial charge in [0.1, 0.15) is 0 Å². The smallest absolute Gasteiger partial charge is 0.374 e. The number of halogens is 3. The number of nitrogens with zero attached hydrogens (tertiary/aromatic N) is 2. The second-order valence-corrected chi connectivity index (χ2v) is 4.92. The number of likely N-dealkylation sites (N-methyl/N-ethyl adjacent to an activating group) is 1. The van der Waals surface area contributed by atoms with Gasteiger partial charge in [-0.2, -0.15) is 18.4 Å². The van der Waals surface area contributed by atoms with Crippen molar-refractivity contribution in [1.29, 1.82) is 5.26 Å². The summed E-state index contributed by atoms with van der Waals surface area (Å²) in [7, 11) is 1.71. The molecular weight excluding hydrogens is 283 g/mol. The maximum Gasteiger partial charge on any atom is 0.417 e. The molecule has 0 spiro atoms. The molecule has 1 N–H and O–H groups in total. The number of nitrogens with one attached hydrogen (secondary N) is 1. The minimum absolute atomic E-state index is 0.0614. The molecule has 0 bridgehead atoms. The van der Waals surface area contributed by atoms with Crippen molar-refractivity contribution in [1.82, 2.24) is 5.32 Å². The SMILES string of the molecule is CN(CC1CNCCO1)c1ccc(C#N)c(C(F)(F)F)c1. The van der Waals surface area contributed by atoms with Gasteiger partial charge in [0.2, 0.25) is 0 Å². The molecule has 1 saturated heterocycles. The summed E-state index contributed by atoms with van der Waals surface area (Å²) in [5.74, 6) is 0. The minimum atomic E-state index is -4.54. The van der Waals surface area contributed by atoms with E-state index >= 15 is 0 Å². The molecule has 0 amide bonds. The van der Waals surface area contributed by atoms with E-state index in [9.17, 15) is 13.2 Å². The first-order valence-corrected chi connectivity index (χ1v) is 6.56. The molecule has 7 heteroatoms. The number of alkyl halides is 3. The minimum Gasteiger partial charge on any atom is -0.374 e. The van der Waals surface area contributed by atoms with E-state index in [1.165, 1.54) is 12.1 Å². The first-order valence-electron chi connectivity index (χ1n) is 6.56. The van der Waals surface area contributed by atoms with Crippen LogP contribution in [0.1, 0.15) is 11.1 Å². The number of anilines is 1. The summed E-state index contributed by atoms with van der Waals surface area (Å²) in [6.07, 6.45) is -4.60. The van der Waals surface area contributed by atoms with Crippen molar-refractivity contribution in [3.05, 3.63) is 29.3 Å². The predicted octanol–water partition coefficient (Wildman–Crippen LogP) is 2.00. The molecule has 0 radical (unpaired) electrons. The molecule has 1 unspecified atom stereocenters. The summed E-state index contributed by atoms with van der Waals surface area (Å²) < 4.78 is 44.3. The Hall–Kier alpha value is -1.78. The third-order valence-electron chi connectivity index (χ3n) is 3.35. The molecule has 1 aliphatic heterocycles. The second-order valence-electron chi connectivity index (χ2n) is 4.92. The molecule has 1 aliphatic rings. The maximum atomic E-state index is 12.9. The molecule has 21 heavy (non-hydrogen) atoms. The lowest BCUT2D eigenvalue weighted by atomic mass is 10.1. The van der Waals surface area contributed by atoms with E-state index in [2.05, 4.69) is 5.32 Å². The van der Waals surface area contributed by atoms with Gasteiger partial charge in [0.05, 0.1) is 29.9 Å². The zero-order valence-electron chi connectivity index (χ0n) is 11.6. The summed E-state index contributed by atoms with van der Waals surface area (Å²) in [6, 6.07) is 5.31. The molecular formula is C14H16F3N3O. The lowest BCUT2D eigenvalue weighted by Crippen LogP contribution is -2.44. The Bertz CT molecular complexity index is 533. The largest absolute Gasteiger partial charge is 0.417 e. The van der Waals surface area contributed by atoms with Crippen molar-refractivity contribution in [2.24, 2.45) is 0 Å². The van der Waals surface area contributed by atoms with Crippen LogP contribution in [0.4, 0.5) is 18.9 Å². The van der Waals surface area contributed by atoms with E-state index in [1.807, 2.05) is 0 Å². The molecule has 1 aromatic carbocycles. The zero-order valence-corrected chi connectivity index (χ0v) is 11.6. The highest BCUT2D eigenvalue weighted by Crippen LogP contribution is 2.34. The number of morpholine rings is 1. The lowest BCUT2D eigenvalue weighted by molar-refractivity contribution is -0.137. The van der Waals surface area contributed by atoms with Crippen LogP contribution in [0.25, 0.3) is 0 Å². The Morgan fingerprint density at radius 2 is 2.24 bits per heavy atom. The second kappa shape index (κ2) is 6.33. The first-order chi connectivity index (χ1) is 9.91. The average molecular weight is 299 g/mol. The number of benzene rings is 1. The highest BCUT2D eigenvalue weighted by molar-refractivity contribution is 5.54. The van der Waals surface area contributed by atoms with Gasteiger partial charge in [-0.15, -0.1) is 0 Å². The number of ether oxygens (including phenoxy) is 1. The van der Waals surface area contributed by atoms with Gasteiger partial charge in [-0.1, -0.05) is 0 Å². The summed E-state index contributed by atoms with van der Waals surface area (Å²) in [4.78, 5) is 1.70. The monoisotopic (exact) mass is 299 g/mol. The van der Waals surface area contributed by atoms with Crippen LogP contribution >= 0.6 is 0 Å². The van der Waals surface area contributed by atoms with Crippen LogP contribution in [0.2, 0.25) is 0 Å². The van der Waals surface area contributed by atoms with Crippen LogP contribution < -0.4 is 10.2 Å². The molecule has 0 aliphatic carbocycles. The molecule has 0 saturated carbocycles. The van der Waals surface area contributed by atoms with Crippen molar-refractivity contribution in [3.63, 3.8) is 0 Å². The molecule has 2 rings (SSSR count). The number of nitriles is 1. The Morgan fingerprint density at radius 1 is 1.48 bits per heavy atom. The van der Waals surface area contributed by atoms with Crippen LogP contribution in [-0.2, 0) is 10.9 Å². The molecule has 4 nitrogen and oxygen atoms in total. The fourth-order valence-corrected chi connectivity index (χ4v) is 2.25. The van der Waals surface area contributed by atoms with Gasteiger partial charge < -0.3 is 15.0 Å². The maximum absolute atomic E-state index is 12.9. The van der Waals surface area contributed by atoms with Gasteiger partial charge in [0, 0.05) is 32.4 Å². The van der Waals surface area contributed by atoms with E-state index < -0.39 is 11.7 Å². The topological polar surface area (TPSA) is 48.3 Å². The molecule has 1 atom stereocenters. The number of hydrogen-bond acceptors (Lipinski definition) is 4. The normalized spacial score (nSPS) is 19.1. The first kappa shape index (κ1) is 15.6. The lowest BCUT2D eigenvalue weighted by Gasteiger charge is -2.29. The summed E-state index contributed by atoms with van der Waals surface area (Å²) in [5, 5.41) is 12.0. The van der Waals surface area contributed by atoms with Crippen molar-refractivity contribution in [2.75, 3.05) is 38.2 Å². The summed E-state index contributed by atoms with van der Waals surface area (Å²) >= 11 is 0. The summed E-state index contributed by atoms with van der Waals surface area (Å²) in [5.41, 5.74) is -0.859. The van der Waals surface area contributed by atoms with Crippen LogP contribution in [-0.4, -0.2) is 39.4 Å². The Labute approximate surface area is 121 Å². The van der Waals surface area contributed by atoms with E-state index in [0.29, 0.717) is 25.4 Å².